The van der Waals surface area contributed by atoms with Gasteiger partial charge >= 0.3 is 5.97 Å². The van der Waals surface area contributed by atoms with Gasteiger partial charge in [0.25, 0.3) is 7.82 Å². The number of phosphoric ester groups is 1. The summed E-state index contributed by atoms with van der Waals surface area (Å²) >= 11 is 0. The number of carbonyl (C=O) groups is 2. The number of esters is 1. The van der Waals surface area contributed by atoms with Crippen molar-refractivity contribution in [3.05, 3.63) is 85.1 Å². The first-order valence-electron chi connectivity index (χ1n) is 30.0. The van der Waals surface area contributed by atoms with Gasteiger partial charge in [0.1, 0.15) is 19.3 Å². The highest BCUT2D eigenvalue weighted by Gasteiger charge is 2.27. The van der Waals surface area contributed by atoms with Crippen LogP contribution in [0.25, 0.3) is 0 Å². The average Bonchev–Trinajstić information content (AvgIpc) is 3.35. The zero-order valence-corrected chi connectivity index (χ0v) is 49.0. The fourth-order valence-electron chi connectivity index (χ4n) is 8.38. The zero-order valence-electron chi connectivity index (χ0n) is 48.1. The SMILES string of the molecule is CC\C=C/C=C/C=C/C=C\C=C\C=C\CCCCCC(=O)NC(COP(=O)([O-])OCC[N+](C)(C)C)C(/C=C/CCCCCCCCCCC)OC(=O)CCCCCCCCCCCCCCCCCCCCC. The van der Waals surface area contributed by atoms with Gasteiger partial charge in [0.2, 0.25) is 5.91 Å². The second kappa shape index (κ2) is 52.6. The zero-order chi connectivity index (χ0) is 53.6. The van der Waals surface area contributed by atoms with Crippen molar-refractivity contribution in [3.63, 3.8) is 0 Å². The molecule has 0 bridgehead atoms. The molecule has 0 saturated heterocycles. The van der Waals surface area contributed by atoms with Gasteiger partial charge in [-0.25, -0.2) is 0 Å². The van der Waals surface area contributed by atoms with Crippen LogP contribution in [0.4, 0.5) is 0 Å². The number of unbranched alkanes of at least 4 members (excludes halogenated alkanes) is 30. The molecule has 0 aliphatic rings. The van der Waals surface area contributed by atoms with Gasteiger partial charge in [-0.3, -0.25) is 14.2 Å². The minimum atomic E-state index is -4.71. The number of likely N-dealkylation sites (N-methyl/N-ethyl adjacent to an activating group) is 1. The molecule has 3 atom stereocenters. The van der Waals surface area contributed by atoms with E-state index in [1.807, 2.05) is 94.1 Å². The van der Waals surface area contributed by atoms with E-state index in [9.17, 15) is 19.0 Å². The minimum Gasteiger partial charge on any atom is -0.756 e. The molecule has 0 aromatic rings. The van der Waals surface area contributed by atoms with Gasteiger partial charge < -0.3 is 28.5 Å². The molecule has 9 nitrogen and oxygen atoms in total. The smallest absolute Gasteiger partial charge is 0.306 e. The predicted octanol–water partition coefficient (Wildman–Crippen LogP) is 17.6. The maximum atomic E-state index is 13.5. The summed E-state index contributed by atoms with van der Waals surface area (Å²) < 4.78 is 30.2. The Labute approximate surface area is 450 Å². The molecule has 0 aromatic carbocycles. The first-order valence-corrected chi connectivity index (χ1v) is 31.4. The molecule has 1 amide bonds. The largest absolute Gasteiger partial charge is 0.756 e. The summed E-state index contributed by atoms with van der Waals surface area (Å²) in [6.45, 7) is 6.66. The Bertz CT molecular complexity index is 1530. The number of nitrogens with one attached hydrogen (secondary N) is 1. The number of amides is 1. The summed E-state index contributed by atoms with van der Waals surface area (Å²) in [5.74, 6) is -0.590. The van der Waals surface area contributed by atoms with E-state index in [-0.39, 0.29) is 31.3 Å². The molecule has 0 rings (SSSR count). The quantitative estimate of drug-likeness (QED) is 0.0161. The fourth-order valence-corrected chi connectivity index (χ4v) is 9.10. The Morgan fingerprint density at radius 1 is 0.493 bits per heavy atom. The highest BCUT2D eigenvalue weighted by atomic mass is 31.2. The van der Waals surface area contributed by atoms with Crippen molar-refractivity contribution in [2.75, 3.05) is 40.9 Å². The van der Waals surface area contributed by atoms with Gasteiger partial charge in [-0.05, 0) is 51.0 Å². The molecule has 0 fully saturated rings. The third-order valence-electron chi connectivity index (χ3n) is 13.0. The molecule has 422 valence electrons. The van der Waals surface area contributed by atoms with E-state index in [1.54, 1.807) is 0 Å². The van der Waals surface area contributed by atoms with Crippen LogP contribution < -0.4 is 10.2 Å². The number of nitrogens with zero attached hydrogens (tertiary/aromatic N) is 1. The van der Waals surface area contributed by atoms with Gasteiger partial charge in [0.15, 0.2) is 0 Å². The van der Waals surface area contributed by atoms with Crippen LogP contribution in [0.2, 0.25) is 0 Å². The first-order chi connectivity index (χ1) is 35.4. The van der Waals surface area contributed by atoms with E-state index in [0.29, 0.717) is 17.4 Å². The third-order valence-corrected chi connectivity index (χ3v) is 14.0. The molecule has 0 aliphatic heterocycles. The van der Waals surface area contributed by atoms with Gasteiger partial charge in [0.05, 0.1) is 33.8 Å². The number of ether oxygens (including phenoxy) is 1. The third kappa shape index (κ3) is 53.8. The predicted molar refractivity (Wildman–Crippen MR) is 311 cm³/mol. The molecule has 0 spiro atoms. The van der Waals surface area contributed by atoms with Crippen LogP contribution >= 0.6 is 7.82 Å². The van der Waals surface area contributed by atoms with Crippen LogP contribution in [0.5, 0.6) is 0 Å². The number of rotatable bonds is 53. The lowest BCUT2D eigenvalue weighted by Gasteiger charge is -2.30. The van der Waals surface area contributed by atoms with E-state index in [0.717, 1.165) is 64.2 Å². The van der Waals surface area contributed by atoms with Crippen LogP contribution in [0, 0.1) is 0 Å². The average molecular weight is 1040 g/mol. The first kappa shape index (κ1) is 70.2. The molecule has 3 unspecified atom stereocenters. The molecular formula is C63H113N2O7P. The molecule has 0 heterocycles. The Morgan fingerprint density at radius 2 is 0.877 bits per heavy atom. The van der Waals surface area contributed by atoms with Crippen LogP contribution in [-0.4, -0.2) is 69.4 Å². The Balaban J connectivity index is 5.32. The molecular weight excluding hydrogens is 928 g/mol. The number of allylic oxidation sites excluding steroid dienone is 13. The van der Waals surface area contributed by atoms with Gasteiger partial charge in [0, 0.05) is 12.8 Å². The van der Waals surface area contributed by atoms with E-state index in [2.05, 4.69) is 38.2 Å². The Hall–Kier alpha value is -2.81. The van der Waals surface area contributed by atoms with Gasteiger partial charge in [-0.1, -0.05) is 273 Å². The van der Waals surface area contributed by atoms with Crippen molar-refractivity contribution in [2.24, 2.45) is 0 Å². The monoisotopic (exact) mass is 1040 g/mol. The molecule has 73 heavy (non-hydrogen) atoms. The van der Waals surface area contributed by atoms with Crippen LogP contribution in [-0.2, 0) is 27.9 Å². The van der Waals surface area contributed by atoms with Gasteiger partial charge in [-0.2, -0.15) is 0 Å². The molecule has 10 heteroatoms. The number of hydrogen-bond acceptors (Lipinski definition) is 7. The van der Waals surface area contributed by atoms with Crippen LogP contribution in [0.1, 0.15) is 252 Å². The summed E-state index contributed by atoms with van der Waals surface area (Å²) in [6, 6.07) is -0.913. The van der Waals surface area contributed by atoms with E-state index >= 15 is 0 Å². The van der Waals surface area contributed by atoms with Crippen molar-refractivity contribution < 1.29 is 37.3 Å². The molecule has 0 aromatic heterocycles. The summed E-state index contributed by atoms with van der Waals surface area (Å²) in [6.07, 6.45) is 68.4. The molecule has 0 saturated carbocycles. The summed E-state index contributed by atoms with van der Waals surface area (Å²) in [5, 5.41) is 3.00. The fraction of sp³-hybridized carbons (Fsp3) is 0.746. The standard InChI is InChI=1S/C63H113N2O7P/c1-7-10-13-16-19-22-25-27-29-31-32-34-36-38-41-44-47-50-53-56-63(67)72-61(54-51-48-45-42-39-24-21-18-15-12-9-3)60(59-71-73(68,69)70-58-57-65(4,5)6)64-62(66)55-52-49-46-43-40-37-35-33-30-28-26-23-20-17-14-11-8-2/h11,14,17,20,23,26,28,30,33,35,37,40,51,54,60-61H,7-10,12-13,15-16,18-19,21-22,24-25,27,29,31-32,34,36,38-39,41-50,52-53,55-59H2,1-6H3,(H-,64,66,68,69)/b14-11-,20-17+,26-23+,30-28-,35-33+,40-37+,54-51+. The lowest BCUT2D eigenvalue weighted by molar-refractivity contribution is -0.870. The number of quaternary nitrogens is 1. The number of phosphoric acid groups is 1. The van der Waals surface area contributed by atoms with Crippen molar-refractivity contribution >= 4 is 19.7 Å². The van der Waals surface area contributed by atoms with E-state index in [1.165, 1.54) is 148 Å². The normalized spacial score (nSPS) is 14.3. The maximum absolute atomic E-state index is 13.5. The lowest BCUT2D eigenvalue weighted by Crippen LogP contribution is -2.47. The second-order valence-corrected chi connectivity index (χ2v) is 22.7. The lowest BCUT2D eigenvalue weighted by atomic mass is 10.0. The molecule has 1 N–H and O–H groups in total. The Morgan fingerprint density at radius 3 is 1.33 bits per heavy atom. The molecule has 0 radical (unpaired) electrons. The van der Waals surface area contributed by atoms with Crippen molar-refractivity contribution in [3.8, 4) is 0 Å². The maximum Gasteiger partial charge on any atom is 0.306 e. The number of carbonyl (C=O) groups excluding carboxylic acids is 2. The highest BCUT2D eigenvalue weighted by Crippen LogP contribution is 2.38. The number of hydrogen-bond donors (Lipinski definition) is 1. The van der Waals surface area contributed by atoms with Crippen LogP contribution in [0.15, 0.2) is 85.1 Å². The second-order valence-electron chi connectivity index (χ2n) is 21.3. The molecule has 0 aliphatic carbocycles. The summed E-state index contributed by atoms with van der Waals surface area (Å²) in [4.78, 5) is 39.9. The van der Waals surface area contributed by atoms with E-state index < -0.39 is 26.6 Å². The minimum absolute atomic E-state index is 0.0342. The van der Waals surface area contributed by atoms with E-state index in [4.69, 9.17) is 13.8 Å². The summed E-state index contributed by atoms with van der Waals surface area (Å²) in [5.41, 5.74) is 0. The topological polar surface area (TPSA) is 114 Å². The van der Waals surface area contributed by atoms with Crippen molar-refractivity contribution in [1.29, 1.82) is 0 Å². The van der Waals surface area contributed by atoms with Crippen molar-refractivity contribution in [1.82, 2.24) is 5.32 Å². The Kier molecular flexibility index (Phi) is 50.6. The van der Waals surface area contributed by atoms with Gasteiger partial charge in [-0.15, -0.1) is 0 Å². The highest BCUT2D eigenvalue weighted by molar-refractivity contribution is 7.45. The summed E-state index contributed by atoms with van der Waals surface area (Å²) in [7, 11) is 1.15. The van der Waals surface area contributed by atoms with Crippen molar-refractivity contribution in [2.45, 2.75) is 264 Å². The van der Waals surface area contributed by atoms with Crippen LogP contribution in [0.3, 0.4) is 0 Å².